The summed E-state index contributed by atoms with van der Waals surface area (Å²) < 4.78 is 13.7. The lowest BCUT2D eigenvalue weighted by Gasteiger charge is -2.33. The van der Waals surface area contributed by atoms with Crippen LogP contribution in [-0.4, -0.2) is 17.0 Å². The van der Waals surface area contributed by atoms with Crippen LogP contribution in [0.5, 0.6) is 0 Å². The maximum Gasteiger partial charge on any atom is 0.303 e. The second-order valence-corrected chi connectivity index (χ2v) is 9.41. The minimum Gasteiger partial charge on any atom is -0.313 e. The number of anilines is 1. The molecule has 0 heterocycles. The summed E-state index contributed by atoms with van der Waals surface area (Å²) in [5.74, 6) is 0. The van der Waals surface area contributed by atoms with Crippen molar-refractivity contribution < 1.29 is 9.49 Å². The lowest BCUT2D eigenvalue weighted by molar-refractivity contribution is -0.384. The molecule has 144 valence electrons. The largest absolute Gasteiger partial charge is 0.313 e. The van der Waals surface area contributed by atoms with Gasteiger partial charge in [0.05, 0.1) is 4.92 Å². The highest BCUT2D eigenvalue weighted by atomic mass is 31.2. The summed E-state index contributed by atoms with van der Waals surface area (Å²) in [4.78, 5) is 10.4. The molecule has 0 radical (unpaired) electrons. The Balaban J connectivity index is 1.71. The molecule has 7 nitrogen and oxygen atoms in total. The number of non-ortho nitro benzene ring substituents is 1. The molecule has 3 rings (SSSR count). The molecular formula is C18H29N4O3P. The van der Waals surface area contributed by atoms with Gasteiger partial charge in [-0.3, -0.25) is 14.7 Å². The van der Waals surface area contributed by atoms with Gasteiger partial charge >= 0.3 is 7.59 Å². The zero-order valence-electron chi connectivity index (χ0n) is 15.2. The number of benzene rings is 1. The van der Waals surface area contributed by atoms with Gasteiger partial charge in [-0.05, 0) is 37.8 Å². The van der Waals surface area contributed by atoms with Crippen LogP contribution in [0.25, 0.3) is 0 Å². The van der Waals surface area contributed by atoms with Crippen LogP contribution in [0.3, 0.4) is 0 Å². The molecular weight excluding hydrogens is 351 g/mol. The summed E-state index contributed by atoms with van der Waals surface area (Å²) in [6, 6.07) is 6.61. The molecule has 3 N–H and O–H groups in total. The summed E-state index contributed by atoms with van der Waals surface area (Å²) in [6.07, 6.45) is 11.3. The van der Waals surface area contributed by atoms with E-state index in [1.165, 1.54) is 50.7 Å². The van der Waals surface area contributed by atoms with Crippen molar-refractivity contribution in [2.75, 3.05) is 5.09 Å². The number of nitro groups is 1. The first-order chi connectivity index (χ1) is 12.5. The average Bonchev–Trinajstić information content (AvgIpc) is 2.63. The van der Waals surface area contributed by atoms with E-state index in [0.29, 0.717) is 5.69 Å². The first-order valence-electron chi connectivity index (χ1n) is 9.72. The molecule has 0 saturated heterocycles. The van der Waals surface area contributed by atoms with E-state index in [4.69, 9.17) is 0 Å². The molecule has 26 heavy (non-hydrogen) atoms. The van der Waals surface area contributed by atoms with Gasteiger partial charge in [-0.1, -0.05) is 38.5 Å². The molecule has 0 aliphatic heterocycles. The Morgan fingerprint density at radius 2 is 1.31 bits per heavy atom. The van der Waals surface area contributed by atoms with Crippen LogP contribution in [0.2, 0.25) is 0 Å². The van der Waals surface area contributed by atoms with Crippen LogP contribution in [0, 0.1) is 10.1 Å². The Bertz CT molecular complexity index is 616. The monoisotopic (exact) mass is 380 g/mol. The predicted octanol–water partition coefficient (Wildman–Crippen LogP) is 4.96. The predicted molar refractivity (Wildman–Crippen MR) is 104 cm³/mol. The van der Waals surface area contributed by atoms with Crippen LogP contribution in [0.4, 0.5) is 11.4 Å². The summed E-state index contributed by atoms with van der Waals surface area (Å²) in [5, 5.41) is 20.7. The number of nitrogens with zero attached hydrogens (tertiary/aromatic N) is 1. The van der Waals surface area contributed by atoms with E-state index in [1.54, 1.807) is 12.1 Å². The van der Waals surface area contributed by atoms with Gasteiger partial charge in [0.1, 0.15) is 0 Å². The van der Waals surface area contributed by atoms with Crippen LogP contribution < -0.4 is 15.3 Å². The van der Waals surface area contributed by atoms with Gasteiger partial charge in [-0.2, -0.15) is 0 Å². The second kappa shape index (κ2) is 8.98. The Hall–Kier alpha value is -1.43. The van der Waals surface area contributed by atoms with E-state index in [-0.39, 0.29) is 17.8 Å². The van der Waals surface area contributed by atoms with Crippen molar-refractivity contribution >= 4 is 19.0 Å². The van der Waals surface area contributed by atoms with Gasteiger partial charge in [-0.25, -0.2) is 10.2 Å². The van der Waals surface area contributed by atoms with Crippen molar-refractivity contribution in [2.45, 2.75) is 76.3 Å². The lowest BCUT2D eigenvalue weighted by atomic mass is 9.96. The van der Waals surface area contributed by atoms with E-state index in [0.717, 1.165) is 25.7 Å². The molecule has 2 saturated carbocycles. The SMILES string of the molecule is O=[N+]([O-])c1ccc(NP(=O)(NC2CCCCC2)NC2CCCCC2)cc1. The zero-order valence-corrected chi connectivity index (χ0v) is 16.0. The number of hydrogen-bond acceptors (Lipinski definition) is 3. The fraction of sp³-hybridized carbons (Fsp3) is 0.667. The van der Waals surface area contributed by atoms with E-state index >= 15 is 0 Å². The molecule has 0 amide bonds. The van der Waals surface area contributed by atoms with Crippen molar-refractivity contribution in [2.24, 2.45) is 0 Å². The number of nitro benzene ring substituents is 1. The normalized spacial score (nSPS) is 20.0. The number of nitrogens with one attached hydrogen (secondary N) is 3. The fourth-order valence-corrected chi connectivity index (χ4v) is 6.18. The standard InChI is InChI=1S/C18H29N4O3P/c23-22(24)18-13-11-17(12-14-18)21-26(25,19-15-7-3-1-4-8-15)20-16-9-5-2-6-10-16/h11-16H,1-10H2,(H3,19,20,21,25). The minimum atomic E-state index is -3.04. The maximum atomic E-state index is 13.7. The molecule has 0 atom stereocenters. The van der Waals surface area contributed by atoms with Crippen LogP contribution >= 0.6 is 7.59 Å². The number of hydrogen-bond donors (Lipinski definition) is 3. The third-order valence-corrected chi connectivity index (χ3v) is 7.33. The molecule has 0 aromatic heterocycles. The van der Waals surface area contributed by atoms with Gasteiger partial charge in [0.15, 0.2) is 0 Å². The highest BCUT2D eigenvalue weighted by Gasteiger charge is 2.30. The molecule has 2 fully saturated rings. The molecule has 1 aromatic rings. The Labute approximate surface area is 155 Å². The van der Waals surface area contributed by atoms with Gasteiger partial charge in [0.25, 0.3) is 5.69 Å². The van der Waals surface area contributed by atoms with Crippen LogP contribution in [0.15, 0.2) is 24.3 Å². The van der Waals surface area contributed by atoms with Crippen LogP contribution in [-0.2, 0) is 4.57 Å². The first kappa shape index (κ1) is 19.3. The summed E-state index contributed by atoms with van der Waals surface area (Å²) >= 11 is 0. The van der Waals surface area contributed by atoms with Crippen molar-refractivity contribution in [3.63, 3.8) is 0 Å². The molecule has 1 aromatic carbocycles. The van der Waals surface area contributed by atoms with Crippen molar-refractivity contribution in [1.82, 2.24) is 10.2 Å². The van der Waals surface area contributed by atoms with Gasteiger partial charge in [0.2, 0.25) is 0 Å². The Kier molecular flexibility index (Phi) is 6.68. The summed E-state index contributed by atoms with van der Waals surface area (Å²) in [5.41, 5.74) is 0.663. The summed E-state index contributed by atoms with van der Waals surface area (Å²) in [7, 11) is -3.04. The second-order valence-electron chi connectivity index (χ2n) is 7.45. The molecule has 8 heteroatoms. The summed E-state index contributed by atoms with van der Waals surface area (Å²) in [6.45, 7) is 0. The highest BCUT2D eigenvalue weighted by Crippen LogP contribution is 2.41. The van der Waals surface area contributed by atoms with Crippen LogP contribution in [0.1, 0.15) is 64.2 Å². The van der Waals surface area contributed by atoms with E-state index in [2.05, 4.69) is 15.3 Å². The van der Waals surface area contributed by atoms with E-state index in [9.17, 15) is 14.7 Å². The quantitative estimate of drug-likeness (QED) is 0.351. The zero-order chi connectivity index (χ0) is 18.4. The molecule has 2 aliphatic carbocycles. The topological polar surface area (TPSA) is 96.3 Å². The lowest BCUT2D eigenvalue weighted by Crippen LogP contribution is -2.40. The smallest absolute Gasteiger partial charge is 0.303 e. The highest BCUT2D eigenvalue weighted by molar-refractivity contribution is 7.61. The third kappa shape index (κ3) is 5.53. The molecule has 0 bridgehead atoms. The van der Waals surface area contributed by atoms with Crippen molar-refractivity contribution in [3.8, 4) is 0 Å². The Morgan fingerprint density at radius 3 is 1.73 bits per heavy atom. The third-order valence-electron chi connectivity index (χ3n) is 5.30. The van der Waals surface area contributed by atoms with Crippen molar-refractivity contribution in [3.05, 3.63) is 34.4 Å². The number of rotatable bonds is 7. The average molecular weight is 380 g/mol. The molecule has 0 spiro atoms. The molecule has 0 unspecified atom stereocenters. The Morgan fingerprint density at radius 1 is 0.846 bits per heavy atom. The van der Waals surface area contributed by atoms with Gasteiger partial charge in [-0.15, -0.1) is 0 Å². The molecule has 2 aliphatic rings. The maximum absolute atomic E-state index is 13.7. The minimum absolute atomic E-state index is 0.0332. The fourth-order valence-electron chi connectivity index (χ4n) is 3.92. The van der Waals surface area contributed by atoms with Gasteiger partial charge < -0.3 is 5.09 Å². The van der Waals surface area contributed by atoms with E-state index < -0.39 is 12.5 Å². The van der Waals surface area contributed by atoms with Gasteiger partial charge in [0, 0.05) is 29.9 Å². The van der Waals surface area contributed by atoms with Crippen molar-refractivity contribution in [1.29, 1.82) is 0 Å². The van der Waals surface area contributed by atoms with E-state index in [1.807, 2.05) is 0 Å². The first-order valence-corrected chi connectivity index (χ1v) is 11.4.